The smallest absolute Gasteiger partial charge is 0.167 e. The lowest BCUT2D eigenvalue weighted by atomic mass is 10.0. The Morgan fingerprint density at radius 2 is 1.09 bits per heavy atom. The highest BCUT2D eigenvalue weighted by molar-refractivity contribution is 6.58. The van der Waals surface area contributed by atoms with Crippen LogP contribution in [0, 0.1) is 0 Å². The van der Waals surface area contributed by atoms with E-state index in [0.717, 1.165) is 34.4 Å². The van der Waals surface area contributed by atoms with Gasteiger partial charge in [0, 0.05) is 0 Å². The quantitative estimate of drug-likeness (QED) is 0.710. The van der Waals surface area contributed by atoms with Gasteiger partial charge < -0.3 is 4.12 Å². The maximum Gasteiger partial charge on any atom is 0.167 e. The van der Waals surface area contributed by atoms with Crippen LogP contribution in [-0.4, -0.2) is 19.5 Å². The van der Waals surface area contributed by atoms with Gasteiger partial charge in [-0.25, -0.2) is 0 Å². The Hall–Kier alpha value is -1.17. The zero-order valence-corrected chi connectivity index (χ0v) is 18.5. The van der Waals surface area contributed by atoms with Crippen molar-refractivity contribution in [2.45, 2.75) is 51.6 Å². The fourth-order valence-electron chi connectivity index (χ4n) is 2.89. The van der Waals surface area contributed by atoms with Crippen molar-refractivity contribution in [1.29, 1.82) is 0 Å². The van der Waals surface area contributed by atoms with Crippen LogP contribution in [0.3, 0.4) is 0 Å². The average molecular weight is 345 g/mol. The molecule has 0 fully saturated rings. The topological polar surface area (TPSA) is 9.23 Å². The second-order valence-electron chi connectivity index (χ2n) is 6.66. The molecule has 3 heteroatoms. The van der Waals surface area contributed by atoms with Crippen LogP contribution < -0.4 is 0 Å². The van der Waals surface area contributed by atoms with Crippen LogP contribution in [0.4, 0.5) is 0 Å². The molecule has 0 heterocycles. The summed E-state index contributed by atoms with van der Waals surface area (Å²) >= 11 is 0. The lowest BCUT2D eigenvalue weighted by Gasteiger charge is -2.20. The highest BCUT2D eigenvalue weighted by Crippen LogP contribution is 2.19. The molecule has 0 amide bonds. The van der Waals surface area contributed by atoms with Crippen LogP contribution in [-0.2, 0) is 17.0 Å². The summed E-state index contributed by atoms with van der Waals surface area (Å²) in [6.45, 7) is 9.09. The summed E-state index contributed by atoms with van der Waals surface area (Å²) < 4.78 is 5.55. The van der Waals surface area contributed by atoms with Crippen molar-refractivity contribution < 1.29 is 4.12 Å². The van der Waals surface area contributed by atoms with Crippen LogP contribution in [0.1, 0.15) is 38.8 Å². The lowest BCUT2D eigenvalue weighted by molar-refractivity contribution is 0.587. The Kier molecular flexibility index (Phi) is 9.84. The first kappa shape index (κ1) is 19.9. The van der Waals surface area contributed by atoms with Gasteiger partial charge in [0.25, 0.3) is 0 Å². The highest BCUT2D eigenvalue weighted by atomic mass is 28.3. The number of rotatable bonds is 6. The van der Waals surface area contributed by atoms with E-state index in [9.17, 15) is 0 Å². The molecule has 23 heavy (non-hydrogen) atoms. The minimum atomic E-state index is -0.798. The Balaban J connectivity index is 0.000000257. The number of hydrogen-bond donors (Lipinski definition) is 0. The zero-order chi connectivity index (χ0) is 17.1. The van der Waals surface area contributed by atoms with Gasteiger partial charge in [-0.3, -0.25) is 0 Å². The van der Waals surface area contributed by atoms with Crippen molar-refractivity contribution in [2.75, 3.05) is 0 Å². The minimum Gasteiger partial charge on any atom is -0.465 e. The summed E-state index contributed by atoms with van der Waals surface area (Å²) in [5.41, 5.74) is 4.44. The highest BCUT2D eigenvalue weighted by Gasteiger charge is 2.17. The third-order valence-corrected chi connectivity index (χ3v) is 8.78. The third kappa shape index (κ3) is 8.30. The van der Waals surface area contributed by atoms with Crippen molar-refractivity contribution in [3.8, 4) is 0 Å². The molecule has 0 bridgehead atoms. The molecule has 0 aromatic heterocycles. The van der Waals surface area contributed by atoms with E-state index in [0.29, 0.717) is 0 Å². The SMILES string of the molecule is CC(C)[SiH](O[SiH3])C(C)C.c1ccc(CCc2ccccc2)cc1. The fourth-order valence-corrected chi connectivity index (χ4v) is 8.79. The second-order valence-corrected chi connectivity index (χ2v) is 12.1. The van der Waals surface area contributed by atoms with Gasteiger partial charge in [-0.1, -0.05) is 88.4 Å². The van der Waals surface area contributed by atoms with E-state index in [4.69, 9.17) is 4.12 Å². The van der Waals surface area contributed by atoms with Crippen molar-refractivity contribution in [3.05, 3.63) is 71.8 Å². The van der Waals surface area contributed by atoms with E-state index in [-0.39, 0.29) is 0 Å². The first-order valence-electron chi connectivity index (χ1n) is 8.65. The molecule has 2 rings (SSSR count). The number of aryl methyl sites for hydroxylation is 2. The molecule has 0 aliphatic heterocycles. The molecule has 0 atom stereocenters. The van der Waals surface area contributed by atoms with Crippen LogP contribution in [0.2, 0.25) is 11.1 Å². The van der Waals surface area contributed by atoms with Gasteiger partial charge in [-0.15, -0.1) is 0 Å². The first-order valence-corrected chi connectivity index (χ1v) is 11.3. The Morgan fingerprint density at radius 3 is 1.30 bits per heavy atom. The number of hydrogen-bond acceptors (Lipinski definition) is 1. The molecule has 0 saturated heterocycles. The van der Waals surface area contributed by atoms with E-state index in [2.05, 4.69) is 88.4 Å². The van der Waals surface area contributed by atoms with Crippen molar-refractivity contribution in [1.82, 2.24) is 0 Å². The molecule has 0 radical (unpaired) electrons. The maximum atomic E-state index is 5.55. The van der Waals surface area contributed by atoms with Crippen molar-refractivity contribution in [3.63, 3.8) is 0 Å². The molecule has 0 saturated carbocycles. The van der Waals surface area contributed by atoms with E-state index in [1.165, 1.54) is 11.1 Å². The van der Waals surface area contributed by atoms with E-state index in [1.54, 1.807) is 0 Å². The fraction of sp³-hybridized carbons (Fsp3) is 0.400. The van der Waals surface area contributed by atoms with Gasteiger partial charge in [-0.05, 0) is 35.1 Å². The monoisotopic (exact) mass is 344 g/mol. The van der Waals surface area contributed by atoms with Crippen molar-refractivity contribution in [2.24, 2.45) is 0 Å². The molecule has 126 valence electrons. The van der Waals surface area contributed by atoms with Gasteiger partial charge in [0.15, 0.2) is 9.04 Å². The summed E-state index contributed by atoms with van der Waals surface area (Å²) in [6, 6.07) is 21.2. The van der Waals surface area contributed by atoms with Gasteiger partial charge in [0.05, 0.1) is 0 Å². The predicted octanol–water partition coefficient (Wildman–Crippen LogP) is 4.30. The third-order valence-electron chi connectivity index (χ3n) is 3.97. The summed E-state index contributed by atoms with van der Waals surface area (Å²) in [4.78, 5) is 0. The summed E-state index contributed by atoms with van der Waals surface area (Å²) in [5.74, 6) is 0. The zero-order valence-electron chi connectivity index (χ0n) is 15.3. The van der Waals surface area contributed by atoms with E-state index in [1.807, 2.05) is 0 Å². The molecule has 2 aromatic carbocycles. The summed E-state index contributed by atoms with van der Waals surface area (Å²) in [5, 5.41) is 0. The minimum absolute atomic E-state index is 0.798. The lowest BCUT2D eigenvalue weighted by Crippen LogP contribution is -2.24. The molecule has 0 unspecified atom stereocenters. The van der Waals surface area contributed by atoms with Crippen LogP contribution in [0.25, 0.3) is 0 Å². The first-order chi connectivity index (χ1) is 11.0. The van der Waals surface area contributed by atoms with Gasteiger partial charge in [0.1, 0.15) is 10.5 Å². The summed E-state index contributed by atoms with van der Waals surface area (Å²) in [6.07, 6.45) is 2.26. The predicted molar refractivity (Wildman–Crippen MR) is 109 cm³/mol. The molecule has 0 N–H and O–H groups in total. The Bertz CT molecular complexity index is 464. The van der Waals surface area contributed by atoms with E-state index < -0.39 is 9.04 Å². The normalized spacial score (nSPS) is 10.9. The largest absolute Gasteiger partial charge is 0.465 e. The number of benzene rings is 2. The standard InChI is InChI=1S/C14H14.C6H18OSi2/c1-3-7-13(8-4-1)11-12-14-9-5-2-6-10-14;1-5(2)9(7-8)6(3)4/h1-10H,11-12H2;5-6,9H,1-4,8H3. The van der Waals surface area contributed by atoms with E-state index >= 15 is 0 Å². The Labute approximate surface area is 147 Å². The molecular formula is C20H32OSi2. The molecule has 0 spiro atoms. The van der Waals surface area contributed by atoms with Crippen LogP contribution in [0.5, 0.6) is 0 Å². The molecule has 0 aliphatic rings. The van der Waals surface area contributed by atoms with Gasteiger partial charge in [-0.2, -0.15) is 0 Å². The second kappa shape index (κ2) is 11.4. The van der Waals surface area contributed by atoms with Gasteiger partial charge in [0.2, 0.25) is 0 Å². The molecule has 0 aliphatic carbocycles. The Morgan fingerprint density at radius 1 is 0.739 bits per heavy atom. The van der Waals surface area contributed by atoms with Crippen molar-refractivity contribution >= 4 is 19.5 Å². The maximum absolute atomic E-state index is 5.55. The molecule has 1 nitrogen and oxygen atoms in total. The molecule has 2 aromatic rings. The van der Waals surface area contributed by atoms with Crippen LogP contribution in [0.15, 0.2) is 60.7 Å². The molecular weight excluding hydrogens is 312 g/mol. The van der Waals surface area contributed by atoms with Gasteiger partial charge >= 0.3 is 0 Å². The van der Waals surface area contributed by atoms with Crippen LogP contribution >= 0.6 is 0 Å². The average Bonchev–Trinajstić information content (AvgIpc) is 2.55. The summed E-state index contributed by atoms with van der Waals surface area (Å²) in [7, 11) is 0.132.